The number of carboxylic acid groups (broad SMARTS) is 7. The fourth-order valence-corrected chi connectivity index (χ4v) is 1.76. The molecule has 238 valence electrons. The van der Waals surface area contributed by atoms with Crippen LogP contribution in [0.2, 0.25) is 0 Å². The Balaban J connectivity index is -0.000000223. The molecule has 0 aromatic heterocycles. The Kier molecular flexibility index (Phi) is 27.5. The monoisotopic (exact) mass is 602 g/mol. The number of carbonyl (C=O) groups excluding carboxylic acids is 1. The average Bonchev–Trinajstić information content (AvgIpc) is 2.87. The minimum atomic E-state index is -1.17. The van der Waals surface area contributed by atoms with Gasteiger partial charge in [-0.15, -0.1) is 0 Å². The number of rotatable bonds is 16. The SMILES string of the molecule is COC(=O)[C@@H](N)CCC(=O)O.N[C@@H](CCC(=O)O)C(=O)O.N[C@@H](CCC(=O)O)C(=O)O.N[C@@H](CCC(=O)O)C(=O)O. The first kappa shape index (κ1) is 43.6. The van der Waals surface area contributed by atoms with Crippen LogP contribution in [0.3, 0.4) is 0 Å². The van der Waals surface area contributed by atoms with Gasteiger partial charge in [0.2, 0.25) is 0 Å². The summed E-state index contributed by atoms with van der Waals surface area (Å²) in [6, 6.07) is -4.00. The summed E-state index contributed by atoms with van der Waals surface area (Å²) in [5, 5.41) is 57.0. The third kappa shape index (κ3) is 35.6. The molecule has 0 amide bonds. The molecule has 0 aliphatic rings. The lowest BCUT2D eigenvalue weighted by atomic mass is 10.2. The zero-order valence-electron chi connectivity index (χ0n) is 22.1. The standard InChI is InChI=1S/C6H11NO4.3C5H9NO4/c1-11-6(10)4(7)2-3-5(8)9;3*6-3(5(9)10)1-2-4(7)8/h4H,2-3,7H2,1H3,(H,8,9);3*3H,1-2,6H2,(H,7,8)(H,9,10)/t4-;3*3-/m0000/s1. The quantitative estimate of drug-likeness (QED) is 0.0790. The third-order valence-electron chi connectivity index (χ3n) is 4.13. The Hall–Kier alpha value is -4.40. The first-order chi connectivity index (χ1) is 18.7. The molecule has 0 aliphatic carbocycles. The van der Waals surface area contributed by atoms with Crippen molar-refractivity contribution in [2.75, 3.05) is 7.11 Å². The van der Waals surface area contributed by atoms with E-state index >= 15 is 0 Å². The van der Waals surface area contributed by atoms with Crippen LogP contribution in [0.4, 0.5) is 0 Å². The summed E-state index contributed by atoms with van der Waals surface area (Å²) < 4.78 is 4.29. The van der Waals surface area contributed by atoms with Gasteiger partial charge in [0.1, 0.15) is 24.2 Å². The molecule has 0 radical (unpaired) electrons. The molecule has 15 N–H and O–H groups in total. The van der Waals surface area contributed by atoms with Crippen LogP contribution in [0.5, 0.6) is 0 Å². The van der Waals surface area contributed by atoms with Crippen LogP contribution >= 0.6 is 0 Å². The maximum atomic E-state index is 10.6. The van der Waals surface area contributed by atoms with E-state index in [4.69, 9.17) is 58.7 Å². The van der Waals surface area contributed by atoms with Gasteiger partial charge in [0.15, 0.2) is 0 Å². The average molecular weight is 603 g/mol. The molecule has 0 unspecified atom stereocenters. The Morgan fingerprint density at radius 1 is 0.463 bits per heavy atom. The molecule has 0 aromatic rings. The molecule has 0 heterocycles. The van der Waals surface area contributed by atoms with E-state index in [0.29, 0.717) is 0 Å². The van der Waals surface area contributed by atoms with E-state index in [0.717, 1.165) is 0 Å². The van der Waals surface area contributed by atoms with Crippen molar-refractivity contribution in [2.45, 2.75) is 75.5 Å². The van der Waals surface area contributed by atoms with Crippen molar-refractivity contribution >= 4 is 47.8 Å². The van der Waals surface area contributed by atoms with E-state index in [1.165, 1.54) is 7.11 Å². The van der Waals surface area contributed by atoms with Gasteiger partial charge in [-0.2, -0.15) is 0 Å². The first-order valence-corrected chi connectivity index (χ1v) is 11.3. The van der Waals surface area contributed by atoms with E-state index in [1.807, 2.05) is 0 Å². The van der Waals surface area contributed by atoms with Gasteiger partial charge in [0.05, 0.1) is 7.11 Å². The largest absolute Gasteiger partial charge is 0.481 e. The highest BCUT2D eigenvalue weighted by atomic mass is 16.5. The van der Waals surface area contributed by atoms with Crippen molar-refractivity contribution in [1.29, 1.82) is 0 Å². The van der Waals surface area contributed by atoms with Gasteiger partial charge < -0.3 is 63.4 Å². The molecular formula is C21H38N4O16. The molecule has 20 heteroatoms. The van der Waals surface area contributed by atoms with Crippen molar-refractivity contribution in [1.82, 2.24) is 0 Å². The van der Waals surface area contributed by atoms with E-state index in [-0.39, 0.29) is 51.4 Å². The zero-order valence-corrected chi connectivity index (χ0v) is 22.1. The summed E-state index contributed by atoms with van der Waals surface area (Å²) in [6.45, 7) is 0. The minimum Gasteiger partial charge on any atom is -0.481 e. The predicted molar refractivity (Wildman–Crippen MR) is 134 cm³/mol. The Morgan fingerprint density at radius 2 is 0.659 bits per heavy atom. The van der Waals surface area contributed by atoms with Crippen LogP contribution < -0.4 is 22.9 Å². The predicted octanol–water partition coefficient (Wildman–Crippen LogP) is -2.86. The highest BCUT2D eigenvalue weighted by molar-refractivity contribution is 5.77. The molecule has 0 aliphatic heterocycles. The molecule has 0 saturated carbocycles. The van der Waals surface area contributed by atoms with Crippen molar-refractivity contribution in [2.24, 2.45) is 22.9 Å². The van der Waals surface area contributed by atoms with Crippen LogP contribution in [-0.2, 0) is 43.1 Å². The third-order valence-corrected chi connectivity index (χ3v) is 4.13. The van der Waals surface area contributed by atoms with Crippen molar-refractivity contribution in [3.05, 3.63) is 0 Å². The topological polar surface area (TPSA) is 391 Å². The van der Waals surface area contributed by atoms with Gasteiger partial charge in [-0.05, 0) is 25.7 Å². The van der Waals surface area contributed by atoms with Gasteiger partial charge in [0.25, 0.3) is 0 Å². The lowest BCUT2D eigenvalue weighted by Gasteiger charge is -2.05. The molecule has 0 rings (SSSR count). The lowest BCUT2D eigenvalue weighted by molar-refractivity contribution is -0.144. The van der Waals surface area contributed by atoms with E-state index < -0.39 is 71.9 Å². The van der Waals surface area contributed by atoms with Crippen LogP contribution in [0.25, 0.3) is 0 Å². The van der Waals surface area contributed by atoms with Gasteiger partial charge in [-0.3, -0.25) is 38.4 Å². The normalized spacial score (nSPS) is 12.4. The minimum absolute atomic E-state index is 0.0231. The van der Waals surface area contributed by atoms with Crippen molar-refractivity contribution < 1.29 is 78.8 Å². The second-order valence-electron chi connectivity index (χ2n) is 7.69. The van der Waals surface area contributed by atoms with E-state index in [9.17, 15) is 38.4 Å². The van der Waals surface area contributed by atoms with Crippen LogP contribution in [0.15, 0.2) is 0 Å². The second-order valence-corrected chi connectivity index (χ2v) is 7.69. The number of esters is 1. The van der Waals surface area contributed by atoms with Crippen molar-refractivity contribution in [3.63, 3.8) is 0 Å². The molecule has 41 heavy (non-hydrogen) atoms. The molecule has 20 nitrogen and oxygen atoms in total. The summed E-state index contributed by atoms with van der Waals surface area (Å²) in [6.07, 6.45) is -0.674. The highest BCUT2D eigenvalue weighted by Gasteiger charge is 2.15. The summed E-state index contributed by atoms with van der Waals surface area (Å²) in [4.78, 5) is 80.2. The number of hydrogen-bond acceptors (Lipinski definition) is 13. The molecule has 0 fully saturated rings. The summed E-state index contributed by atoms with van der Waals surface area (Å²) in [5.74, 6) is -8.13. The molecule has 0 saturated heterocycles. The molecule has 0 spiro atoms. The van der Waals surface area contributed by atoms with Crippen LogP contribution in [0, 0.1) is 0 Å². The van der Waals surface area contributed by atoms with Gasteiger partial charge in [-0.25, -0.2) is 0 Å². The lowest BCUT2D eigenvalue weighted by Crippen LogP contribution is -2.31. The fraction of sp³-hybridized carbons (Fsp3) is 0.619. The maximum absolute atomic E-state index is 10.6. The highest BCUT2D eigenvalue weighted by Crippen LogP contribution is 1.96. The fourth-order valence-electron chi connectivity index (χ4n) is 1.76. The maximum Gasteiger partial charge on any atom is 0.322 e. The number of carbonyl (C=O) groups is 8. The summed E-state index contributed by atoms with van der Waals surface area (Å²) >= 11 is 0. The molecule has 0 aromatic carbocycles. The van der Waals surface area contributed by atoms with Gasteiger partial charge in [-0.1, -0.05) is 0 Å². The number of aliphatic carboxylic acids is 7. The molecular weight excluding hydrogens is 564 g/mol. The Labute approximate surface area is 232 Å². The molecule has 0 bridgehead atoms. The first-order valence-electron chi connectivity index (χ1n) is 11.3. The summed E-state index contributed by atoms with van der Waals surface area (Å²) in [7, 11) is 1.21. The van der Waals surface area contributed by atoms with Crippen LogP contribution in [0.1, 0.15) is 51.4 Å². The number of hydrogen-bond donors (Lipinski definition) is 11. The number of carboxylic acids is 7. The Bertz CT molecular complexity index is 786. The smallest absolute Gasteiger partial charge is 0.322 e. The van der Waals surface area contributed by atoms with Gasteiger partial charge >= 0.3 is 47.8 Å². The van der Waals surface area contributed by atoms with E-state index in [2.05, 4.69) is 4.74 Å². The number of methoxy groups -OCH3 is 1. The second kappa shape index (κ2) is 25.9. The summed E-state index contributed by atoms with van der Waals surface area (Å²) in [5.41, 5.74) is 20.2. The number of nitrogens with two attached hydrogens (primary N) is 4. The van der Waals surface area contributed by atoms with Gasteiger partial charge in [0, 0.05) is 25.7 Å². The number of ether oxygens (including phenoxy) is 1. The van der Waals surface area contributed by atoms with E-state index in [1.54, 1.807) is 0 Å². The Morgan fingerprint density at radius 3 is 0.805 bits per heavy atom. The molecule has 4 atom stereocenters. The van der Waals surface area contributed by atoms with Crippen molar-refractivity contribution in [3.8, 4) is 0 Å². The zero-order chi connectivity index (χ0) is 33.3. The van der Waals surface area contributed by atoms with Crippen LogP contribution in [-0.4, -0.2) is 115 Å².